The highest BCUT2D eigenvalue weighted by Gasteiger charge is 2.55. The van der Waals surface area contributed by atoms with E-state index in [1.165, 1.54) is 48.5 Å². The first-order chi connectivity index (χ1) is 52.7. The Morgan fingerprint density at radius 3 is 0.625 bits per heavy atom. The molecule has 12 heterocycles. The van der Waals surface area contributed by atoms with E-state index in [0.717, 1.165) is 175 Å². The van der Waals surface area contributed by atoms with Crippen molar-refractivity contribution in [2.75, 3.05) is 54.4 Å². The molecule has 32 heteroatoms. The maximum Gasteiger partial charge on any atom is 0.416 e. The maximum atomic E-state index is 12.8. The van der Waals surface area contributed by atoms with Crippen LogP contribution in [0.2, 0.25) is 0 Å². The van der Waals surface area contributed by atoms with Crippen molar-refractivity contribution in [3.05, 3.63) is 190 Å². The highest BCUT2D eigenvalue weighted by molar-refractivity contribution is 5.90. The fraction of sp³-hybridized carbons (Fsp3) is 0.450. The molecule has 0 radical (unpaired) electrons. The van der Waals surface area contributed by atoms with Gasteiger partial charge < -0.3 is 19.6 Å². The summed E-state index contributed by atoms with van der Waals surface area (Å²) in [6.45, 7) is 10.2. The van der Waals surface area contributed by atoms with Crippen LogP contribution < -0.4 is 21.3 Å². The van der Waals surface area contributed by atoms with Gasteiger partial charge >= 0.3 is 24.7 Å². The number of nitrogens with zero attached hydrogens (tertiary/aromatic N) is 12. The second kappa shape index (κ2) is 30.5. The van der Waals surface area contributed by atoms with Crippen LogP contribution in [0.4, 0.5) is 52.7 Å². The lowest BCUT2D eigenvalue weighted by Gasteiger charge is -2.23. The van der Waals surface area contributed by atoms with Crippen LogP contribution in [0, 0.1) is 27.7 Å². The summed E-state index contributed by atoms with van der Waals surface area (Å²) in [6.07, 6.45) is -8.52. The average Bonchev–Trinajstić information content (AvgIpc) is 1.63. The molecule has 112 heavy (non-hydrogen) atoms. The fourth-order valence-electron chi connectivity index (χ4n) is 16.3. The minimum Gasteiger partial charge on any atom is -0.344 e. The molecule has 20 nitrogen and oxygen atoms in total. The molecule has 8 aliphatic heterocycles. The Bertz CT molecular complexity index is 4250. The lowest BCUT2D eigenvalue weighted by atomic mass is 9.96. The molecule has 4 spiro atoms. The van der Waals surface area contributed by atoms with E-state index in [1.807, 2.05) is 27.7 Å². The third-order valence-electron chi connectivity index (χ3n) is 22.5. The van der Waals surface area contributed by atoms with Crippen LogP contribution in [-0.2, 0) is 43.9 Å². The number of halogens is 12. The van der Waals surface area contributed by atoms with Gasteiger partial charge in [-0.1, -0.05) is 48.5 Å². The lowest BCUT2D eigenvalue weighted by molar-refractivity contribution is -0.138. The number of rotatable bonds is 8. The van der Waals surface area contributed by atoms with Gasteiger partial charge in [0.2, 0.25) is 23.6 Å². The molecular weight excluding hydrogens is 1480 g/mol. The minimum absolute atomic E-state index is 0.102. The van der Waals surface area contributed by atoms with Gasteiger partial charge in [0.25, 0.3) is 0 Å². The Hall–Kier alpha value is -9.92. The number of carbonyl (C=O) groups is 4. The van der Waals surface area contributed by atoms with Crippen molar-refractivity contribution in [2.24, 2.45) is 0 Å². The number of hydrogen-bond acceptors (Lipinski definition) is 16. The number of alkyl halides is 12. The van der Waals surface area contributed by atoms with Crippen LogP contribution in [-0.4, -0.2) is 160 Å². The molecule has 8 fully saturated rings. The molecule has 0 unspecified atom stereocenters. The molecule has 8 saturated heterocycles. The number of carbonyl (C=O) groups excluding carboxylic acids is 4. The Morgan fingerprint density at radius 2 is 0.473 bits per heavy atom. The molecule has 8 aliphatic rings. The predicted octanol–water partition coefficient (Wildman–Crippen LogP) is 14.0. The summed E-state index contributed by atoms with van der Waals surface area (Å²) in [7, 11) is 7.21. The Balaban J connectivity index is 0.000000131. The first-order valence-corrected chi connectivity index (χ1v) is 37.0. The standard InChI is InChI=1S/4C20H21F3N4O/c4*1-12-11-16(13-3-5-14(6-4-13)20(21,22)23)25-17(24-12)15-7-8-19(26-15)9-10-27(2)18(19)28/h4*3-6,11,15,26H,7-10H2,1-2H3/t15-,19+;3*15-,19-/m1100/s1. The first kappa shape index (κ1) is 80.1. The third kappa shape index (κ3) is 16.8. The molecule has 8 atom stereocenters. The summed E-state index contributed by atoms with van der Waals surface area (Å²) < 4.78 is 154. The largest absolute Gasteiger partial charge is 0.416 e. The van der Waals surface area contributed by atoms with Gasteiger partial charge in [-0.05, 0) is 178 Å². The number of aryl methyl sites for hydroxylation is 4. The van der Waals surface area contributed by atoms with Gasteiger partial charge in [-0.2, -0.15) is 52.7 Å². The third-order valence-corrected chi connectivity index (χ3v) is 22.5. The zero-order chi connectivity index (χ0) is 80.4. The SMILES string of the molecule is Cc1cc(-c2ccc(C(F)(F)F)cc2)nc([C@@H]2CC[C@@]3(CCN(C)C3=O)N2)n1.Cc1cc(-c2ccc(C(F)(F)F)cc2)nc([C@@H]2CC[C@@]3(CCN(C)C3=O)N2)n1.Cc1cc(-c2ccc(C(F)(F)F)cc2)nc([C@H]2CC[C@@]3(CCN(C)C3=O)N2)n1.Cc1cc(-c2ccc(C(F)(F)F)cc2)nc([C@H]2CC[C@]3(CCN(C)C3=O)N2)n1. The van der Waals surface area contributed by atoms with Crippen LogP contribution in [0.15, 0.2) is 121 Å². The number of aromatic nitrogens is 8. The van der Waals surface area contributed by atoms with Crippen LogP contribution in [0.5, 0.6) is 0 Å². The second-order valence-corrected chi connectivity index (χ2v) is 30.5. The molecule has 0 saturated carbocycles. The van der Waals surface area contributed by atoms with Gasteiger partial charge in [0.05, 0.1) is 69.2 Å². The second-order valence-electron chi connectivity index (χ2n) is 30.5. The highest BCUT2D eigenvalue weighted by Crippen LogP contribution is 2.45. The summed E-state index contributed by atoms with van der Waals surface area (Å²) in [5.41, 5.74) is 2.73. The molecule has 592 valence electrons. The molecule has 8 aromatic rings. The van der Waals surface area contributed by atoms with E-state index < -0.39 is 69.1 Å². The monoisotopic (exact) mass is 1560 g/mol. The minimum atomic E-state index is -4.37. The van der Waals surface area contributed by atoms with E-state index in [0.29, 0.717) is 68.3 Å². The van der Waals surface area contributed by atoms with E-state index in [-0.39, 0.29) is 47.8 Å². The van der Waals surface area contributed by atoms with E-state index in [1.54, 1.807) is 72.1 Å². The van der Waals surface area contributed by atoms with Crippen LogP contribution in [0.25, 0.3) is 45.0 Å². The zero-order valence-corrected chi connectivity index (χ0v) is 62.7. The number of nitrogens with one attached hydrogen (secondary N) is 4. The van der Waals surface area contributed by atoms with Crippen LogP contribution in [0.3, 0.4) is 0 Å². The molecule has 0 aliphatic carbocycles. The Kier molecular flexibility index (Phi) is 21.9. The van der Waals surface area contributed by atoms with E-state index in [9.17, 15) is 71.9 Å². The van der Waals surface area contributed by atoms with Crippen molar-refractivity contribution in [1.29, 1.82) is 0 Å². The van der Waals surface area contributed by atoms with Crippen molar-refractivity contribution in [1.82, 2.24) is 80.7 Å². The maximum absolute atomic E-state index is 12.8. The van der Waals surface area contributed by atoms with Crippen LogP contribution >= 0.6 is 0 Å². The van der Waals surface area contributed by atoms with Gasteiger partial charge in [-0.25, -0.2) is 39.9 Å². The van der Waals surface area contributed by atoms with E-state index in [4.69, 9.17) is 0 Å². The van der Waals surface area contributed by atoms with Crippen molar-refractivity contribution in [3.63, 3.8) is 0 Å². The summed E-state index contributed by atoms with van der Waals surface area (Å²) in [5, 5.41) is 13.7. The average molecular weight is 1560 g/mol. The van der Waals surface area contributed by atoms with Gasteiger partial charge in [0.1, 0.15) is 45.5 Å². The van der Waals surface area contributed by atoms with Crippen molar-refractivity contribution in [3.8, 4) is 45.0 Å². The van der Waals surface area contributed by atoms with Gasteiger partial charge in [-0.3, -0.25) is 40.4 Å². The summed E-state index contributed by atoms with van der Waals surface area (Å²) in [4.78, 5) is 93.4. The molecule has 16 rings (SSSR count). The van der Waals surface area contributed by atoms with E-state index >= 15 is 0 Å². The highest BCUT2D eigenvalue weighted by atomic mass is 19.4. The Morgan fingerprint density at radius 1 is 0.295 bits per heavy atom. The fourth-order valence-corrected chi connectivity index (χ4v) is 16.3. The topological polar surface area (TPSA) is 232 Å². The van der Waals surface area contributed by atoms with Crippen molar-refractivity contribution in [2.45, 2.75) is 176 Å². The molecule has 0 bridgehead atoms. The number of amides is 4. The smallest absolute Gasteiger partial charge is 0.344 e. The quantitative estimate of drug-likeness (QED) is 0.104. The lowest BCUT2D eigenvalue weighted by Crippen LogP contribution is -2.47. The normalized spacial score (nSPS) is 25.1. The number of likely N-dealkylation sites (N-methyl/N-ethyl adjacent to an activating group) is 4. The molecular formula is C80H84F12N16O4. The first-order valence-electron chi connectivity index (χ1n) is 37.0. The zero-order valence-electron chi connectivity index (χ0n) is 62.7. The van der Waals surface area contributed by atoms with Crippen molar-refractivity contribution >= 4 is 23.6 Å². The summed E-state index contributed by atoms with van der Waals surface area (Å²) >= 11 is 0. The molecule has 4 aromatic carbocycles. The molecule has 4 aromatic heterocycles. The van der Waals surface area contributed by atoms with Gasteiger partial charge in [-0.15, -0.1) is 0 Å². The summed E-state index contributed by atoms with van der Waals surface area (Å²) in [6, 6.07) is 26.3. The van der Waals surface area contributed by atoms with Crippen LogP contribution in [0.1, 0.15) is 170 Å². The van der Waals surface area contributed by atoms with E-state index in [2.05, 4.69) is 61.1 Å². The molecule has 4 amide bonds. The number of hydrogen-bond donors (Lipinski definition) is 4. The van der Waals surface area contributed by atoms with Gasteiger partial charge in [0, 0.05) is 99.4 Å². The number of likely N-dealkylation sites (tertiary alicyclic amines) is 4. The van der Waals surface area contributed by atoms with Crippen molar-refractivity contribution < 1.29 is 71.9 Å². The number of benzene rings is 4. The Labute approximate surface area is 638 Å². The molecule has 4 N–H and O–H groups in total. The summed E-state index contributed by atoms with van der Waals surface area (Å²) in [5.74, 6) is 2.72. The van der Waals surface area contributed by atoms with Gasteiger partial charge in [0.15, 0.2) is 0 Å². The predicted molar refractivity (Wildman–Crippen MR) is 389 cm³/mol.